The molecule has 2 aromatic rings. The summed E-state index contributed by atoms with van der Waals surface area (Å²) in [5.74, 6) is 0.798. The first-order chi connectivity index (χ1) is 13.7. The monoisotopic (exact) mass is 383 g/mol. The highest BCUT2D eigenvalue weighted by Gasteiger charge is 2.28. The molecule has 2 heterocycles. The second-order valence-corrected chi connectivity index (χ2v) is 7.85. The predicted octanol–water partition coefficient (Wildman–Crippen LogP) is 3.62. The minimum atomic E-state index is -0.112. The number of piperazine rings is 1. The van der Waals surface area contributed by atoms with Crippen molar-refractivity contribution in [3.05, 3.63) is 59.9 Å². The fourth-order valence-corrected chi connectivity index (χ4v) is 4.50. The lowest BCUT2D eigenvalue weighted by molar-refractivity contribution is 0.0887. The molecule has 2 aliphatic rings. The smallest absolute Gasteiger partial charge is 0.146 e. The summed E-state index contributed by atoms with van der Waals surface area (Å²) in [6, 6.07) is 16.1. The van der Waals surface area contributed by atoms with Gasteiger partial charge in [-0.2, -0.15) is 0 Å². The van der Waals surface area contributed by atoms with E-state index in [4.69, 9.17) is 4.74 Å². The fraction of sp³-hybridized carbons (Fsp3) is 0.478. The molecule has 5 heteroatoms. The molecular weight excluding hydrogens is 353 g/mol. The Morgan fingerprint density at radius 1 is 0.964 bits per heavy atom. The number of rotatable bonds is 5. The van der Waals surface area contributed by atoms with Gasteiger partial charge in [-0.05, 0) is 49.2 Å². The zero-order valence-corrected chi connectivity index (χ0v) is 16.7. The maximum Gasteiger partial charge on any atom is 0.146 e. The SMILES string of the molecule is COc1ccc(CN2CCC[C@@H](N3CCN(c4ccccc4F)CC3)C2)cc1. The first kappa shape index (κ1) is 19.2. The lowest BCUT2D eigenvalue weighted by Crippen LogP contribution is -2.55. The molecule has 0 bridgehead atoms. The fourth-order valence-electron chi connectivity index (χ4n) is 4.50. The van der Waals surface area contributed by atoms with Gasteiger partial charge in [-0.1, -0.05) is 24.3 Å². The Morgan fingerprint density at radius 2 is 1.71 bits per heavy atom. The minimum Gasteiger partial charge on any atom is -0.497 e. The molecule has 0 unspecified atom stereocenters. The zero-order chi connectivity index (χ0) is 19.3. The van der Waals surface area contributed by atoms with Crippen molar-refractivity contribution >= 4 is 5.69 Å². The summed E-state index contributed by atoms with van der Waals surface area (Å²) in [6.07, 6.45) is 2.51. The zero-order valence-electron chi connectivity index (χ0n) is 16.7. The number of methoxy groups -OCH3 is 1. The van der Waals surface area contributed by atoms with Gasteiger partial charge < -0.3 is 9.64 Å². The average Bonchev–Trinajstić information content (AvgIpc) is 2.75. The average molecular weight is 384 g/mol. The molecule has 1 atom stereocenters. The van der Waals surface area contributed by atoms with Gasteiger partial charge in [0, 0.05) is 45.3 Å². The number of hydrogen-bond donors (Lipinski definition) is 0. The highest BCUT2D eigenvalue weighted by molar-refractivity contribution is 5.48. The third kappa shape index (κ3) is 4.47. The molecule has 0 aromatic heterocycles. The lowest BCUT2D eigenvalue weighted by Gasteiger charge is -2.44. The van der Waals surface area contributed by atoms with Gasteiger partial charge in [0.2, 0.25) is 0 Å². The van der Waals surface area contributed by atoms with Crippen molar-refractivity contribution in [2.75, 3.05) is 51.3 Å². The summed E-state index contributed by atoms with van der Waals surface area (Å²) < 4.78 is 19.3. The molecule has 0 saturated carbocycles. The number of para-hydroxylation sites is 1. The van der Waals surface area contributed by atoms with Crippen LogP contribution in [0.4, 0.5) is 10.1 Å². The van der Waals surface area contributed by atoms with E-state index >= 15 is 0 Å². The molecule has 0 radical (unpaired) electrons. The largest absolute Gasteiger partial charge is 0.497 e. The van der Waals surface area contributed by atoms with Crippen LogP contribution in [0.2, 0.25) is 0 Å². The second kappa shape index (κ2) is 8.93. The van der Waals surface area contributed by atoms with Crippen molar-refractivity contribution in [1.82, 2.24) is 9.80 Å². The summed E-state index contributed by atoms with van der Waals surface area (Å²) >= 11 is 0. The number of piperidine rings is 1. The van der Waals surface area contributed by atoms with E-state index in [2.05, 4.69) is 26.8 Å². The van der Waals surface area contributed by atoms with Crippen LogP contribution in [-0.4, -0.2) is 62.2 Å². The van der Waals surface area contributed by atoms with Crippen LogP contribution >= 0.6 is 0 Å². The quantitative estimate of drug-likeness (QED) is 0.785. The molecule has 2 fully saturated rings. The van der Waals surface area contributed by atoms with Crippen molar-refractivity contribution in [3.63, 3.8) is 0 Å². The number of ether oxygens (including phenoxy) is 1. The van der Waals surface area contributed by atoms with Gasteiger partial charge in [0.1, 0.15) is 11.6 Å². The normalized spacial score (nSPS) is 21.6. The van der Waals surface area contributed by atoms with E-state index in [1.165, 1.54) is 18.4 Å². The topological polar surface area (TPSA) is 19.0 Å². The van der Waals surface area contributed by atoms with E-state index in [0.29, 0.717) is 6.04 Å². The van der Waals surface area contributed by atoms with E-state index in [-0.39, 0.29) is 5.82 Å². The van der Waals surface area contributed by atoms with Crippen LogP contribution in [0.3, 0.4) is 0 Å². The minimum absolute atomic E-state index is 0.112. The van der Waals surface area contributed by atoms with E-state index in [1.807, 2.05) is 24.3 Å². The third-order valence-corrected chi connectivity index (χ3v) is 6.07. The first-order valence-corrected chi connectivity index (χ1v) is 10.3. The molecule has 2 aromatic carbocycles. The van der Waals surface area contributed by atoms with Crippen LogP contribution in [-0.2, 0) is 6.54 Å². The molecule has 0 aliphatic carbocycles. The van der Waals surface area contributed by atoms with Crippen LogP contribution in [0.25, 0.3) is 0 Å². The lowest BCUT2D eigenvalue weighted by atomic mass is 10.0. The van der Waals surface area contributed by atoms with Gasteiger partial charge in [0.05, 0.1) is 12.8 Å². The van der Waals surface area contributed by atoms with E-state index in [0.717, 1.165) is 57.3 Å². The molecule has 4 nitrogen and oxygen atoms in total. The van der Waals surface area contributed by atoms with Crippen LogP contribution in [0.5, 0.6) is 5.75 Å². The van der Waals surface area contributed by atoms with Crippen molar-refractivity contribution in [3.8, 4) is 5.75 Å². The van der Waals surface area contributed by atoms with Crippen molar-refractivity contribution < 1.29 is 9.13 Å². The van der Waals surface area contributed by atoms with E-state index in [1.54, 1.807) is 19.2 Å². The Balaban J connectivity index is 1.31. The Bertz CT molecular complexity index is 759. The maximum atomic E-state index is 14.1. The summed E-state index contributed by atoms with van der Waals surface area (Å²) in [7, 11) is 1.70. The summed E-state index contributed by atoms with van der Waals surface area (Å²) in [5, 5.41) is 0. The number of halogens is 1. The number of hydrogen-bond acceptors (Lipinski definition) is 4. The van der Waals surface area contributed by atoms with E-state index < -0.39 is 0 Å². The van der Waals surface area contributed by atoms with Crippen LogP contribution in [0, 0.1) is 5.82 Å². The van der Waals surface area contributed by atoms with Gasteiger partial charge in [-0.15, -0.1) is 0 Å². The Hall–Kier alpha value is -2.11. The second-order valence-electron chi connectivity index (χ2n) is 7.85. The maximum absolute atomic E-state index is 14.1. The van der Waals surface area contributed by atoms with E-state index in [9.17, 15) is 4.39 Å². The molecular formula is C23H30FN3O. The summed E-state index contributed by atoms with van der Waals surface area (Å²) in [6.45, 7) is 7.09. The van der Waals surface area contributed by atoms with Crippen molar-refractivity contribution in [2.24, 2.45) is 0 Å². The molecule has 2 saturated heterocycles. The third-order valence-electron chi connectivity index (χ3n) is 6.07. The Kier molecular flexibility index (Phi) is 6.13. The van der Waals surface area contributed by atoms with Gasteiger partial charge >= 0.3 is 0 Å². The van der Waals surface area contributed by atoms with Gasteiger partial charge in [0.25, 0.3) is 0 Å². The summed E-state index contributed by atoms with van der Waals surface area (Å²) in [5.41, 5.74) is 2.08. The number of benzene rings is 2. The highest BCUT2D eigenvalue weighted by atomic mass is 19.1. The van der Waals surface area contributed by atoms with Crippen LogP contribution < -0.4 is 9.64 Å². The van der Waals surface area contributed by atoms with Crippen LogP contribution in [0.1, 0.15) is 18.4 Å². The molecule has 0 N–H and O–H groups in total. The van der Waals surface area contributed by atoms with Gasteiger partial charge in [-0.3, -0.25) is 9.80 Å². The molecule has 150 valence electrons. The Morgan fingerprint density at radius 3 is 2.43 bits per heavy atom. The standard InChI is InChI=1S/C23H30FN3O/c1-28-21-10-8-19(9-11-21)17-25-12-4-5-20(18-25)26-13-15-27(16-14-26)23-7-3-2-6-22(23)24/h2-3,6-11,20H,4-5,12-18H2,1H3/t20-/m1/s1. The van der Waals surface area contributed by atoms with Crippen molar-refractivity contribution in [2.45, 2.75) is 25.4 Å². The molecule has 4 rings (SSSR count). The molecule has 0 spiro atoms. The van der Waals surface area contributed by atoms with Gasteiger partial charge in [0.15, 0.2) is 0 Å². The molecule has 28 heavy (non-hydrogen) atoms. The molecule has 0 amide bonds. The summed E-state index contributed by atoms with van der Waals surface area (Å²) in [4.78, 5) is 7.36. The van der Waals surface area contributed by atoms with Crippen LogP contribution in [0.15, 0.2) is 48.5 Å². The number of nitrogens with zero attached hydrogens (tertiary/aromatic N) is 3. The van der Waals surface area contributed by atoms with Crippen molar-refractivity contribution in [1.29, 1.82) is 0 Å². The first-order valence-electron chi connectivity index (χ1n) is 10.3. The number of anilines is 1. The molecule has 2 aliphatic heterocycles. The Labute approximate surface area is 167 Å². The van der Waals surface area contributed by atoms with Gasteiger partial charge in [-0.25, -0.2) is 4.39 Å². The predicted molar refractivity (Wildman–Crippen MR) is 111 cm³/mol. The number of likely N-dealkylation sites (tertiary alicyclic amines) is 1. The highest BCUT2D eigenvalue weighted by Crippen LogP contribution is 2.24.